The van der Waals surface area contributed by atoms with E-state index in [9.17, 15) is 9.59 Å². The lowest BCUT2D eigenvalue weighted by Crippen LogP contribution is -2.47. The summed E-state index contributed by atoms with van der Waals surface area (Å²) in [6, 6.07) is 9.93. The summed E-state index contributed by atoms with van der Waals surface area (Å²) in [6.45, 7) is 6.40. The van der Waals surface area contributed by atoms with E-state index in [1.54, 1.807) is 12.0 Å². The summed E-state index contributed by atoms with van der Waals surface area (Å²) < 4.78 is 7.12. The molecule has 0 N–H and O–H groups in total. The van der Waals surface area contributed by atoms with Gasteiger partial charge >= 0.3 is 0 Å². The van der Waals surface area contributed by atoms with Crippen molar-refractivity contribution in [2.75, 3.05) is 33.8 Å². The van der Waals surface area contributed by atoms with E-state index in [2.05, 4.69) is 5.10 Å². The standard InChI is InChI=1S/C23H32N4O3/c1-17-15-18(2)27(24-17)14-13-25(3)23(29)20-7-10-22(28)26(16-20)12-11-19-5-8-21(30-4)9-6-19/h5-6,8-9,15,20H,7,10-14,16H2,1-4H3/t20-/m0/s1. The highest BCUT2D eigenvalue weighted by molar-refractivity contribution is 5.83. The van der Waals surface area contributed by atoms with Gasteiger partial charge in [0.2, 0.25) is 11.8 Å². The van der Waals surface area contributed by atoms with Gasteiger partial charge in [-0.25, -0.2) is 0 Å². The highest BCUT2D eigenvalue weighted by atomic mass is 16.5. The Balaban J connectivity index is 1.52. The molecular formula is C23H32N4O3. The second-order valence-corrected chi connectivity index (χ2v) is 8.08. The van der Waals surface area contributed by atoms with Crippen LogP contribution < -0.4 is 4.74 Å². The molecule has 0 unspecified atom stereocenters. The summed E-state index contributed by atoms with van der Waals surface area (Å²) >= 11 is 0. The third kappa shape index (κ3) is 5.40. The van der Waals surface area contributed by atoms with Gasteiger partial charge in [0.25, 0.3) is 0 Å². The summed E-state index contributed by atoms with van der Waals surface area (Å²) in [5.74, 6) is 0.933. The van der Waals surface area contributed by atoms with E-state index in [1.807, 2.05) is 60.8 Å². The van der Waals surface area contributed by atoms with Crippen molar-refractivity contribution >= 4 is 11.8 Å². The van der Waals surface area contributed by atoms with Gasteiger partial charge in [-0.2, -0.15) is 5.10 Å². The Morgan fingerprint density at radius 2 is 1.97 bits per heavy atom. The van der Waals surface area contributed by atoms with Crippen molar-refractivity contribution in [1.29, 1.82) is 0 Å². The fourth-order valence-corrected chi connectivity index (χ4v) is 3.96. The smallest absolute Gasteiger partial charge is 0.227 e. The molecule has 2 amide bonds. The van der Waals surface area contributed by atoms with Gasteiger partial charge in [0, 0.05) is 38.8 Å². The Labute approximate surface area is 178 Å². The molecule has 1 aliphatic rings. The molecule has 1 fully saturated rings. The monoisotopic (exact) mass is 412 g/mol. The van der Waals surface area contributed by atoms with E-state index in [-0.39, 0.29) is 17.7 Å². The predicted molar refractivity (Wildman–Crippen MR) is 115 cm³/mol. The highest BCUT2D eigenvalue weighted by Crippen LogP contribution is 2.20. The van der Waals surface area contributed by atoms with Crippen LogP contribution in [0.25, 0.3) is 0 Å². The van der Waals surface area contributed by atoms with Gasteiger partial charge in [0.15, 0.2) is 0 Å². The molecule has 2 aromatic rings. The number of likely N-dealkylation sites (tertiary alicyclic amines) is 1. The first-order valence-electron chi connectivity index (χ1n) is 10.5. The number of piperidine rings is 1. The Hall–Kier alpha value is -2.83. The Bertz CT molecular complexity index is 875. The SMILES string of the molecule is COc1ccc(CCN2C[C@@H](C(=O)N(C)CCn3nc(C)cc3C)CCC2=O)cc1. The van der Waals surface area contributed by atoms with Gasteiger partial charge in [0.1, 0.15) is 5.75 Å². The minimum atomic E-state index is -0.135. The van der Waals surface area contributed by atoms with Crippen LogP contribution in [0.4, 0.5) is 0 Å². The first-order valence-corrected chi connectivity index (χ1v) is 10.5. The molecule has 0 saturated carbocycles. The van der Waals surface area contributed by atoms with Crippen LogP contribution in [-0.4, -0.2) is 65.2 Å². The average Bonchev–Trinajstić information content (AvgIpc) is 3.08. The number of hydrogen-bond donors (Lipinski definition) is 0. The van der Waals surface area contributed by atoms with Crippen molar-refractivity contribution in [2.45, 2.75) is 39.7 Å². The van der Waals surface area contributed by atoms with E-state index < -0.39 is 0 Å². The Morgan fingerprint density at radius 3 is 2.60 bits per heavy atom. The molecule has 0 radical (unpaired) electrons. The zero-order chi connectivity index (χ0) is 21.7. The predicted octanol–water partition coefficient (Wildman–Crippen LogP) is 2.45. The van der Waals surface area contributed by atoms with E-state index in [4.69, 9.17) is 4.74 Å². The quantitative estimate of drug-likeness (QED) is 0.668. The van der Waals surface area contributed by atoms with Crippen LogP contribution in [0.2, 0.25) is 0 Å². The van der Waals surface area contributed by atoms with Crippen LogP contribution in [-0.2, 0) is 22.6 Å². The van der Waals surface area contributed by atoms with E-state index in [0.717, 1.165) is 29.1 Å². The molecule has 3 rings (SSSR count). The van der Waals surface area contributed by atoms with Crippen molar-refractivity contribution in [3.8, 4) is 5.75 Å². The van der Waals surface area contributed by atoms with Crippen molar-refractivity contribution in [3.63, 3.8) is 0 Å². The normalized spacial score (nSPS) is 16.6. The van der Waals surface area contributed by atoms with Gasteiger partial charge in [-0.15, -0.1) is 0 Å². The highest BCUT2D eigenvalue weighted by Gasteiger charge is 2.31. The summed E-state index contributed by atoms with van der Waals surface area (Å²) in [7, 11) is 3.49. The van der Waals surface area contributed by atoms with Crippen LogP contribution in [0.3, 0.4) is 0 Å². The van der Waals surface area contributed by atoms with Crippen LogP contribution in [0.15, 0.2) is 30.3 Å². The number of hydrogen-bond acceptors (Lipinski definition) is 4. The first-order chi connectivity index (χ1) is 14.4. The molecule has 1 atom stereocenters. The second-order valence-electron chi connectivity index (χ2n) is 8.08. The van der Waals surface area contributed by atoms with Gasteiger partial charge in [-0.3, -0.25) is 14.3 Å². The van der Waals surface area contributed by atoms with Gasteiger partial charge in [-0.1, -0.05) is 12.1 Å². The number of rotatable bonds is 8. The van der Waals surface area contributed by atoms with Gasteiger partial charge in [0.05, 0.1) is 25.3 Å². The molecular weight excluding hydrogens is 380 g/mol. The number of benzene rings is 1. The Morgan fingerprint density at radius 1 is 1.23 bits per heavy atom. The zero-order valence-corrected chi connectivity index (χ0v) is 18.4. The summed E-state index contributed by atoms with van der Waals surface area (Å²) in [6.07, 6.45) is 1.83. The summed E-state index contributed by atoms with van der Waals surface area (Å²) in [5.41, 5.74) is 3.24. The number of aromatic nitrogens is 2. The molecule has 1 aromatic carbocycles. The van der Waals surface area contributed by atoms with Crippen molar-refractivity contribution in [1.82, 2.24) is 19.6 Å². The molecule has 1 saturated heterocycles. The third-order valence-corrected chi connectivity index (χ3v) is 5.81. The van der Waals surface area contributed by atoms with Crippen molar-refractivity contribution in [2.24, 2.45) is 5.92 Å². The number of nitrogens with zero attached hydrogens (tertiary/aromatic N) is 4. The van der Waals surface area contributed by atoms with Crippen LogP contribution in [0, 0.1) is 19.8 Å². The summed E-state index contributed by atoms with van der Waals surface area (Å²) in [5, 5.41) is 4.46. The van der Waals surface area contributed by atoms with E-state index >= 15 is 0 Å². The fraction of sp³-hybridized carbons (Fsp3) is 0.522. The molecule has 2 heterocycles. The number of carbonyl (C=O) groups excluding carboxylic acids is 2. The number of amides is 2. The topological polar surface area (TPSA) is 67.7 Å². The lowest BCUT2D eigenvalue weighted by atomic mass is 9.95. The number of ether oxygens (including phenoxy) is 1. The lowest BCUT2D eigenvalue weighted by molar-refractivity contribution is -0.142. The minimum absolute atomic E-state index is 0.110. The minimum Gasteiger partial charge on any atom is -0.497 e. The zero-order valence-electron chi connectivity index (χ0n) is 18.4. The maximum atomic E-state index is 13.0. The number of aryl methyl sites for hydroxylation is 2. The van der Waals surface area contributed by atoms with Gasteiger partial charge < -0.3 is 14.5 Å². The van der Waals surface area contributed by atoms with Crippen LogP contribution >= 0.6 is 0 Å². The first kappa shape index (κ1) is 21.9. The third-order valence-electron chi connectivity index (χ3n) is 5.81. The number of carbonyl (C=O) groups is 2. The van der Waals surface area contributed by atoms with Gasteiger partial charge in [-0.05, 0) is 50.5 Å². The second kappa shape index (κ2) is 9.78. The van der Waals surface area contributed by atoms with E-state index in [0.29, 0.717) is 39.0 Å². The van der Waals surface area contributed by atoms with Crippen molar-refractivity contribution < 1.29 is 14.3 Å². The average molecular weight is 413 g/mol. The molecule has 0 aliphatic carbocycles. The molecule has 1 aliphatic heterocycles. The maximum Gasteiger partial charge on any atom is 0.227 e. The number of likely N-dealkylation sites (N-methyl/N-ethyl adjacent to an activating group) is 1. The van der Waals surface area contributed by atoms with Crippen molar-refractivity contribution in [3.05, 3.63) is 47.3 Å². The summed E-state index contributed by atoms with van der Waals surface area (Å²) in [4.78, 5) is 28.9. The molecule has 7 nitrogen and oxygen atoms in total. The largest absolute Gasteiger partial charge is 0.497 e. The molecule has 0 bridgehead atoms. The molecule has 30 heavy (non-hydrogen) atoms. The fourth-order valence-electron chi connectivity index (χ4n) is 3.96. The molecule has 162 valence electrons. The number of methoxy groups -OCH3 is 1. The van der Waals surface area contributed by atoms with Crippen LogP contribution in [0.5, 0.6) is 5.75 Å². The van der Waals surface area contributed by atoms with E-state index in [1.165, 1.54) is 0 Å². The molecule has 1 aromatic heterocycles. The van der Waals surface area contributed by atoms with Crippen LogP contribution in [0.1, 0.15) is 29.8 Å². The molecule has 7 heteroatoms. The Kier molecular flexibility index (Phi) is 7.13. The molecule has 0 spiro atoms. The lowest BCUT2D eigenvalue weighted by Gasteiger charge is -2.34. The maximum absolute atomic E-state index is 13.0.